The van der Waals surface area contributed by atoms with Crippen LogP contribution in [0.1, 0.15) is 28.6 Å². The summed E-state index contributed by atoms with van der Waals surface area (Å²) in [6, 6.07) is 4.43. The summed E-state index contributed by atoms with van der Waals surface area (Å²) in [5.74, 6) is 0. The van der Waals surface area contributed by atoms with Crippen LogP contribution in [-0.4, -0.2) is 0 Å². The van der Waals surface area contributed by atoms with Crippen LogP contribution in [0.5, 0.6) is 0 Å². The number of nitrogens with two attached hydrogens (primary N) is 1. The van der Waals surface area contributed by atoms with Crippen LogP contribution >= 0.6 is 23.7 Å². The lowest BCUT2D eigenvalue weighted by Gasteiger charge is -2.06. The average molecular weight is 218 g/mol. The molecule has 0 bridgehead atoms. The van der Waals surface area contributed by atoms with Crippen molar-refractivity contribution in [3.63, 3.8) is 0 Å². The van der Waals surface area contributed by atoms with Gasteiger partial charge in [0.2, 0.25) is 0 Å². The summed E-state index contributed by atoms with van der Waals surface area (Å²) in [5.41, 5.74) is 5.96. The molecule has 0 aliphatic carbocycles. The van der Waals surface area contributed by atoms with E-state index in [9.17, 15) is 0 Å². The smallest absolute Gasteiger partial charge is 0.0392 e. The van der Waals surface area contributed by atoms with E-state index in [1.165, 1.54) is 9.75 Å². The minimum Gasteiger partial charge on any atom is -0.323 e. The summed E-state index contributed by atoms with van der Waals surface area (Å²) in [7, 11) is 0. The third-order valence-corrected chi connectivity index (χ3v) is 2.94. The van der Waals surface area contributed by atoms with Gasteiger partial charge in [-0.25, -0.2) is 0 Å². The molecule has 1 atom stereocenters. The van der Waals surface area contributed by atoms with Crippen LogP contribution in [0, 0.1) is 6.92 Å². The van der Waals surface area contributed by atoms with Crippen LogP contribution in [0.15, 0.2) is 24.8 Å². The Balaban J connectivity index is 0.00000144. The van der Waals surface area contributed by atoms with Gasteiger partial charge in [0, 0.05) is 15.8 Å². The van der Waals surface area contributed by atoms with Gasteiger partial charge in [-0.3, -0.25) is 0 Å². The number of halogens is 1. The number of hydrogen-bond donors (Lipinski definition) is 1. The van der Waals surface area contributed by atoms with Crippen LogP contribution in [0.25, 0.3) is 0 Å². The molecule has 1 aromatic rings. The Kier molecular flexibility index (Phi) is 6.04. The molecule has 0 saturated heterocycles. The molecule has 0 radical (unpaired) electrons. The van der Waals surface area contributed by atoms with Crippen molar-refractivity contribution in [3.8, 4) is 0 Å². The van der Waals surface area contributed by atoms with Crippen molar-refractivity contribution in [2.45, 2.75) is 25.8 Å². The zero-order valence-electron chi connectivity index (χ0n) is 7.82. The summed E-state index contributed by atoms with van der Waals surface area (Å²) in [6.45, 7) is 5.78. The molecular weight excluding hydrogens is 202 g/mol. The second-order valence-corrected chi connectivity index (χ2v) is 4.24. The summed E-state index contributed by atoms with van der Waals surface area (Å²) in [6.07, 6.45) is 3.92. The largest absolute Gasteiger partial charge is 0.323 e. The quantitative estimate of drug-likeness (QED) is 0.769. The molecule has 0 amide bonds. The van der Waals surface area contributed by atoms with Crippen molar-refractivity contribution in [3.05, 3.63) is 34.5 Å². The molecule has 0 unspecified atom stereocenters. The van der Waals surface area contributed by atoms with Gasteiger partial charge in [-0.15, -0.1) is 30.3 Å². The molecule has 3 heteroatoms. The second-order valence-electron chi connectivity index (χ2n) is 2.92. The average Bonchev–Trinajstić information content (AvgIpc) is 2.47. The third-order valence-electron chi connectivity index (χ3n) is 1.81. The number of thiophene rings is 1. The Morgan fingerprint density at radius 1 is 1.62 bits per heavy atom. The second kappa shape index (κ2) is 6.19. The molecule has 0 spiro atoms. The SMILES string of the molecule is C=CCC[C@H](N)c1ccc(C)s1.Cl. The van der Waals surface area contributed by atoms with Gasteiger partial charge in [-0.05, 0) is 31.9 Å². The zero-order chi connectivity index (χ0) is 8.97. The Labute approximate surface area is 90.1 Å². The summed E-state index contributed by atoms with van der Waals surface area (Å²) < 4.78 is 0. The van der Waals surface area contributed by atoms with E-state index >= 15 is 0 Å². The first-order chi connectivity index (χ1) is 5.74. The molecule has 0 aliphatic rings. The summed E-state index contributed by atoms with van der Waals surface area (Å²) in [5, 5.41) is 0. The van der Waals surface area contributed by atoms with Gasteiger partial charge in [0.1, 0.15) is 0 Å². The van der Waals surface area contributed by atoms with Gasteiger partial charge >= 0.3 is 0 Å². The van der Waals surface area contributed by atoms with Gasteiger partial charge in [0.25, 0.3) is 0 Å². The highest BCUT2D eigenvalue weighted by Gasteiger charge is 2.06. The lowest BCUT2D eigenvalue weighted by molar-refractivity contribution is 0.673. The minimum absolute atomic E-state index is 0. The first kappa shape index (κ1) is 12.7. The topological polar surface area (TPSA) is 26.0 Å². The molecule has 0 aliphatic heterocycles. The van der Waals surface area contributed by atoms with E-state index in [1.807, 2.05) is 6.08 Å². The zero-order valence-corrected chi connectivity index (χ0v) is 9.46. The minimum atomic E-state index is 0. The van der Waals surface area contributed by atoms with Crippen LogP contribution in [0.4, 0.5) is 0 Å². The highest BCUT2D eigenvalue weighted by Crippen LogP contribution is 2.23. The van der Waals surface area contributed by atoms with E-state index in [2.05, 4.69) is 25.6 Å². The monoisotopic (exact) mass is 217 g/mol. The fourth-order valence-corrected chi connectivity index (χ4v) is 2.01. The Morgan fingerprint density at radius 2 is 2.31 bits per heavy atom. The molecular formula is C10H16ClNS. The number of rotatable bonds is 4. The lowest BCUT2D eigenvalue weighted by Crippen LogP contribution is -2.07. The van der Waals surface area contributed by atoms with Crippen molar-refractivity contribution in [2.75, 3.05) is 0 Å². The maximum atomic E-state index is 5.96. The van der Waals surface area contributed by atoms with E-state index in [1.54, 1.807) is 11.3 Å². The molecule has 0 fully saturated rings. The van der Waals surface area contributed by atoms with E-state index in [0.29, 0.717) is 0 Å². The predicted molar refractivity (Wildman–Crippen MR) is 62.7 cm³/mol. The number of allylic oxidation sites excluding steroid dienone is 1. The molecule has 1 aromatic heterocycles. The maximum Gasteiger partial charge on any atom is 0.0392 e. The molecule has 74 valence electrons. The van der Waals surface area contributed by atoms with E-state index in [4.69, 9.17) is 5.73 Å². The molecule has 1 heterocycles. The van der Waals surface area contributed by atoms with Crippen molar-refractivity contribution < 1.29 is 0 Å². The van der Waals surface area contributed by atoms with Gasteiger partial charge in [-0.1, -0.05) is 6.08 Å². The molecule has 1 nitrogen and oxygen atoms in total. The lowest BCUT2D eigenvalue weighted by atomic mass is 10.1. The summed E-state index contributed by atoms with van der Waals surface area (Å²) >= 11 is 1.79. The van der Waals surface area contributed by atoms with Crippen molar-refractivity contribution in [1.29, 1.82) is 0 Å². The highest BCUT2D eigenvalue weighted by atomic mass is 35.5. The number of hydrogen-bond acceptors (Lipinski definition) is 2. The Hall–Kier alpha value is -0.310. The van der Waals surface area contributed by atoms with Crippen LogP contribution < -0.4 is 5.73 Å². The van der Waals surface area contributed by atoms with Gasteiger partial charge in [-0.2, -0.15) is 0 Å². The van der Waals surface area contributed by atoms with Gasteiger partial charge in [0.05, 0.1) is 0 Å². The number of aryl methyl sites for hydroxylation is 1. The van der Waals surface area contributed by atoms with Crippen molar-refractivity contribution >= 4 is 23.7 Å². The van der Waals surface area contributed by atoms with E-state index in [-0.39, 0.29) is 18.4 Å². The van der Waals surface area contributed by atoms with Crippen molar-refractivity contribution in [1.82, 2.24) is 0 Å². The Morgan fingerprint density at radius 3 is 2.77 bits per heavy atom. The molecule has 13 heavy (non-hydrogen) atoms. The first-order valence-corrected chi connectivity index (χ1v) is 4.98. The first-order valence-electron chi connectivity index (χ1n) is 4.17. The van der Waals surface area contributed by atoms with Gasteiger partial charge < -0.3 is 5.73 Å². The van der Waals surface area contributed by atoms with E-state index < -0.39 is 0 Å². The molecule has 0 saturated carbocycles. The summed E-state index contributed by atoms with van der Waals surface area (Å²) in [4.78, 5) is 2.62. The highest BCUT2D eigenvalue weighted by molar-refractivity contribution is 7.12. The van der Waals surface area contributed by atoms with Crippen LogP contribution in [-0.2, 0) is 0 Å². The van der Waals surface area contributed by atoms with E-state index in [0.717, 1.165) is 12.8 Å². The fourth-order valence-electron chi connectivity index (χ4n) is 1.09. The third kappa shape index (κ3) is 3.94. The van der Waals surface area contributed by atoms with Gasteiger partial charge in [0.15, 0.2) is 0 Å². The Bertz CT molecular complexity index is 257. The predicted octanol–water partition coefficient (Wildman–Crippen LogP) is 3.44. The van der Waals surface area contributed by atoms with Crippen LogP contribution in [0.3, 0.4) is 0 Å². The fraction of sp³-hybridized carbons (Fsp3) is 0.400. The maximum absolute atomic E-state index is 5.96. The normalized spacial score (nSPS) is 11.8. The standard InChI is InChI=1S/C10H15NS.ClH/c1-3-4-5-9(11)10-7-6-8(2)12-10;/h3,6-7,9H,1,4-5,11H2,2H3;1H/t9-;/m0./s1. The van der Waals surface area contributed by atoms with Crippen molar-refractivity contribution in [2.24, 2.45) is 5.73 Å². The molecule has 1 rings (SSSR count). The van der Waals surface area contributed by atoms with Crippen LogP contribution in [0.2, 0.25) is 0 Å². The molecule has 2 N–H and O–H groups in total. The molecule has 0 aromatic carbocycles.